The van der Waals surface area contributed by atoms with Crippen LogP contribution in [0, 0.1) is 5.92 Å². The lowest BCUT2D eigenvalue weighted by atomic mass is 9.96. The number of likely N-dealkylation sites (tertiary alicyclic amines) is 1. The highest BCUT2D eigenvalue weighted by Gasteiger charge is 2.31. The van der Waals surface area contributed by atoms with Gasteiger partial charge in [-0.15, -0.1) is 0 Å². The number of hydrogen-bond donors (Lipinski definition) is 4. The summed E-state index contributed by atoms with van der Waals surface area (Å²) in [6.07, 6.45) is -2.82. The fraction of sp³-hybridized carbons (Fsp3) is 0.391. The highest BCUT2D eigenvalue weighted by Crippen LogP contribution is 2.31. The van der Waals surface area contributed by atoms with Crippen molar-refractivity contribution in [2.75, 3.05) is 37.6 Å². The molecule has 1 aliphatic rings. The van der Waals surface area contributed by atoms with E-state index in [9.17, 15) is 22.8 Å². The van der Waals surface area contributed by atoms with Crippen molar-refractivity contribution in [3.05, 3.63) is 58.1 Å². The average Bonchev–Trinajstić information content (AvgIpc) is 2.78. The minimum atomic E-state index is -4.60. The van der Waals surface area contributed by atoms with Gasteiger partial charge in [-0.05, 0) is 67.7 Å². The second-order valence-electron chi connectivity index (χ2n) is 8.35. The number of hydrogen-bond acceptors (Lipinski definition) is 5. The summed E-state index contributed by atoms with van der Waals surface area (Å²) in [7, 11) is 0. The summed E-state index contributed by atoms with van der Waals surface area (Å²) in [6, 6.07) is 7.97. The Labute approximate surface area is 200 Å². The Morgan fingerprint density at radius 2 is 1.74 bits per heavy atom. The quantitative estimate of drug-likeness (QED) is 0.438. The lowest BCUT2D eigenvalue weighted by Gasteiger charge is -2.32. The minimum absolute atomic E-state index is 0.0991. The summed E-state index contributed by atoms with van der Waals surface area (Å²) in [5.74, 6) is -0.971. The van der Waals surface area contributed by atoms with Crippen molar-refractivity contribution in [1.29, 1.82) is 0 Å². The van der Waals surface area contributed by atoms with E-state index >= 15 is 0 Å². The first-order valence-corrected chi connectivity index (χ1v) is 11.2. The highest BCUT2D eigenvalue weighted by molar-refractivity contribution is 6.30. The van der Waals surface area contributed by atoms with Crippen molar-refractivity contribution in [3.8, 4) is 0 Å². The molecule has 2 aromatic rings. The second kappa shape index (κ2) is 11.0. The van der Waals surface area contributed by atoms with Crippen LogP contribution in [-0.2, 0) is 17.5 Å². The largest absolute Gasteiger partial charge is 0.416 e. The predicted molar refractivity (Wildman–Crippen MR) is 125 cm³/mol. The molecule has 7 nitrogen and oxygen atoms in total. The number of alkyl halides is 3. The number of piperidine rings is 1. The second-order valence-corrected chi connectivity index (χ2v) is 8.79. The fourth-order valence-corrected chi connectivity index (χ4v) is 3.99. The standard InChI is InChI=1S/C23H27ClF3N5O2/c24-17-3-1-15(20(29)10-17)13-32-7-5-14(6-8-32)11-30-21(33)12-31-22(34)18-9-16(23(25,26)27)2-4-19(18)28/h1-4,9-10,14H,5-8,11-13,28-29H2,(H,30,33)(H,31,34). The molecule has 1 aliphatic heterocycles. The number of nitrogens with zero attached hydrogens (tertiary/aromatic N) is 1. The molecule has 34 heavy (non-hydrogen) atoms. The van der Waals surface area contributed by atoms with Gasteiger partial charge in [-0.3, -0.25) is 14.5 Å². The Morgan fingerprint density at radius 1 is 1.03 bits per heavy atom. The normalized spacial score (nSPS) is 15.2. The van der Waals surface area contributed by atoms with Crippen molar-refractivity contribution >= 4 is 34.8 Å². The number of rotatable bonds is 7. The highest BCUT2D eigenvalue weighted by atomic mass is 35.5. The number of nitrogens with one attached hydrogen (secondary N) is 2. The molecule has 1 heterocycles. The van der Waals surface area contributed by atoms with E-state index in [-0.39, 0.29) is 23.7 Å². The molecule has 0 spiro atoms. The summed E-state index contributed by atoms with van der Waals surface area (Å²) in [5.41, 5.74) is 11.9. The Balaban J connectivity index is 1.40. The molecule has 2 aromatic carbocycles. The maximum absolute atomic E-state index is 12.9. The molecule has 0 aromatic heterocycles. The third-order valence-electron chi connectivity index (χ3n) is 5.83. The van der Waals surface area contributed by atoms with Crippen LogP contribution in [0.3, 0.4) is 0 Å². The number of anilines is 2. The third kappa shape index (κ3) is 7.01. The van der Waals surface area contributed by atoms with Crippen LogP contribution < -0.4 is 22.1 Å². The van der Waals surface area contributed by atoms with Crippen LogP contribution in [0.4, 0.5) is 24.5 Å². The Hall–Kier alpha value is -2.98. The van der Waals surface area contributed by atoms with Crippen molar-refractivity contribution < 1.29 is 22.8 Å². The van der Waals surface area contributed by atoms with E-state index in [4.69, 9.17) is 23.1 Å². The number of carbonyl (C=O) groups excluding carboxylic acids is 2. The van der Waals surface area contributed by atoms with E-state index in [1.807, 2.05) is 12.1 Å². The van der Waals surface area contributed by atoms with Gasteiger partial charge in [0, 0.05) is 29.5 Å². The van der Waals surface area contributed by atoms with Gasteiger partial charge < -0.3 is 22.1 Å². The zero-order valence-electron chi connectivity index (χ0n) is 18.4. The molecular formula is C23H27ClF3N5O2. The predicted octanol–water partition coefficient (Wildman–Crippen LogP) is 3.28. The van der Waals surface area contributed by atoms with Gasteiger partial charge in [0.1, 0.15) is 0 Å². The molecule has 0 radical (unpaired) electrons. The molecule has 1 saturated heterocycles. The summed E-state index contributed by atoms with van der Waals surface area (Å²) in [5, 5.41) is 5.70. The molecule has 0 bridgehead atoms. The lowest BCUT2D eigenvalue weighted by molar-refractivity contribution is -0.137. The van der Waals surface area contributed by atoms with Crippen LogP contribution in [0.1, 0.15) is 34.3 Å². The molecule has 11 heteroatoms. The number of amides is 2. The lowest BCUT2D eigenvalue weighted by Crippen LogP contribution is -2.41. The maximum atomic E-state index is 12.9. The molecule has 0 aliphatic carbocycles. The molecule has 184 valence electrons. The van der Waals surface area contributed by atoms with E-state index in [0.29, 0.717) is 23.3 Å². The zero-order valence-corrected chi connectivity index (χ0v) is 19.2. The van der Waals surface area contributed by atoms with Crippen LogP contribution in [0.5, 0.6) is 0 Å². The summed E-state index contributed by atoms with van der Waals surface area (Å²) in [4.78, 5) is 26.6. The molecule has 0 saturated carbocycles. The van der Waals surface area contributed by atoms with Gasteiger partial charge in [0.2, 0.25) is 5.91 Å². The van der Waals surface area contributed by atoms with Gasteiger partial charge >= 0.3 is 6.18 Å². The maximum Gasteiger partial charge on any atom is 0.416 e. The first-order chi connectivity index (χ1) is 16.0. The number of nitrogen functional groups attached to an aromatic ring is 2. The average molecular weight is 498 g/mol. The summed E-state index contributed by atoms with van der Waals surface area (Å²) in [6.45, 7) is 2.54. The molecular weight excluding hydrogens is 471 g/mol. The third-order valence-corrected chi connectivity index (χ3v) is 6.07. The Kier molecular flexibility index (Phi) is 8.27. The molecule has 0 atom stereocenters. The molecule has 0 unspecified atom stereocenters. The van der Waals surface area contributed by atoms with Crippen LogP contribution in [-0.4, -0.2) is 42.9 Å². The molecule has 3 rings (SSSR count). The van der Waals surface area contributed by atoms with Crippen LogP contribution in [0.15, 0.2) is 36.4 Å². The van der Waals surface area contributed by atoms with Gasteiger partial charge in [-0.2, -0.15) is 13.2 Å². The van der Waals surface area contributed by atoms with Crippen LogP contribution >= 0.6 is 11.6 Å². The van der Waals surface area contributed by atoms with Crippen LogP contribution in [0.2, 0.25) is 5.02 Å². The van der Waals surface area contributed by atoms with E-state index in [2.05, 4.69) is 15.5 Å². The SMILES string of the molecule is Nc1cc(Cl)ccc1CN1CCC(CNC(=O)CNC(=O)c2cc(C(F)(F)F)ccc2N)CC1. The number of halogens is 4. The van der Waals surface area contributed by atoms with Gasteiger partial charge in [-0.25, -0.2) is 0 Å². The van der Waals surface area contributed by atoms with Crippen molar-refractivity contribution in [3.63, 3.8) is 0 Å². The molecule has 6 N–H and O–H groups in total. The first kappa shape index (κ1) is 25.6. The number of carbonyl (C=O) groups is 2. The van der Waals surface area contributed by atoms with E-state index in [1.165, 1.54) is 0 Å². The Bertz CT molecular complexity index is 1040. The summed E-state index contributed by atoms with van der Waals surface area (Å²) < 4.78 is 38.6. The van der Waals surface area contributed by atoms with Gasteiger partial charge in [0.15, 0.2) is 0 Å². The number of nitrogens with two attached hydrogens (primary N) is 2. The topological polar surface area (TPSA) is 113 Å². The zero-order chi connectivity index (χ0) is 24.9. The smallest absolute Gasteiger partial charge is 0.398 e. The van der Waals surface area contributed by atoms with Crippen LogP contribution in [0.25, 0.3) is 0 Å². The Morgan fingerprint density at radius 3 is 2.38 bits per heavy atom. The van der Waals surface area contributed by atoms with Crippen molar-refractivity contribution in [1.82, 2.24) is 15.5 Å². The monoisotopic (exact) mass is 497 g/mol. The van der Waals surface area contributed by atoms with E-state index < -0.39 is 23.6 Å². The van der Waals surface area contributed by atoms with E-state index in [1.54, 1.807) is 6.07 Å². The van der Waals surface area contributed by atoms with Crippen molar-refractivity contribution in [2.45, 2.75) is 25.6 Å². The van der Waals surface area contributed by atoms with E-state index in [0.717, 1.165) is 50.2 Å². The van der Waals surface area contributed by atoms with Gasteiger partial charge in [-0.1, -0.05) is 17.7 Å². The van der Waals surface area contributed by atoms with Gasteiger partial charge in [0.05, 0.1) is 17.7 Å². The molecule has 1 fully saturated rings. The van der Waals surface area contributed by atoms with Crippen molar-refractivity contribution in [2.24, 2.45) is 5.92 Å². The minimum Gasteiger partial charge on any atom is -0.398 e. The number of benzene rings is 2. The fourth-order valence-electron chi connectivity index (χ4n) is 3.81. The molecule has 2 amide bonds. The summed E-state index contributed by atoms with van der Waals surface area (Å²) >= 11 is 5.94. The van der Waals surface area contributed by atoms with Gasteiger partial charge in [0.25, 0.3) is 5.91 Å². The first-order valence-electron chi connectivity index (χ1n) is 10.8.